The van der Waals surface area contributed by atoms with E-state index in [1.807, 2.05) is 0 Å². The molecular weight excluding hydrogens is 735 g/mol. The number of carbonyl (C=O) groups excluding carboxylic acids is 4. The SMILES string of the molecule is N[C@@H](Cc1ccccc1)C(=O)[O][Sn]([O]C(=O)[C@@H](N)Cc1ccccc1)([O]C(=O)[C@@H](N)Cc1ccccc1)[O]C(=O)[C@@H](N)Cc1ccccc1. The molecule has 4 aromatic carbocycles. The molecule has 13 heteroatoms. The third kappa shape index (κ3) is 11.8. The molecular formula is C36H40N4O8Sn. The van der Waals surface area contributed by atoms with Crippen LogP contribution < -0.4 is 22.9 Å². The Balaban J connectivity index is 1.66. The van der Waals surface area contributed by atoms with E-state index in [-0.39, 0.29) is 25.7 Å². The van der Waals surface area contributed by atoms with Gasteiger partial charge in [-0.05, 0) is 0 Å². The van der Waals surface area contributed by atoms with Crippen molar-refractivity contribution < 1.29 is 31.5 Å². The summed E-state index contributed by atoms with van der Waals surface area (Å²) >= 11 is -6.54. The summed E-state index contributed by atoms with van der Waals surface area (Å²) in [5.41, 5.74) is 27.6. The summed E-state index contributed by atoms with van der Waals surface area (Å²) in [7, 11) is 0. The van der Waals surface area contributed by atoms with Gasteiger partial charge in [0.05, 0.1) is 0 Å². The Morgan fingerprint density at radius 2 is 0.571 bits per heavy atom. The summed E-state index contributed by atoms with van der Waals surface area (Å²) in [4.78, 5) is 54.1. The minimum absolute atomic E-state index is 0.00598. The summed E-state index contributed by atoms with van der Waals surface area (Å²) < 4.78 is 22.5. The second-order valence-electron chi connectivity index (χ2n) is 11.4. The summed E-state index contributed by atoms with van der Waals surface area (Å²) in [6.07, 6.45) is 0.0239. The topological polar surface area (TPSA) is 209 Å². The molecule has 4 aromatic rings. The van der Waals surface area contributed by atoms with Gasteiger partial charge in [0.25, 0.3) is 0 Å². The number of carbonyl (C=O) groups is 4. The maximum absolute atomic E-state index is 13.5. The van der Waals surface area contributed by atoms with Gasteiger partial charge in [-0.1, -0.05) is 0 Å². The zero-order valence-corrected chi connectivity index (χ0v) is 29.6. The third-order valence-corrected chi connectivity index (χ3v) is 12.5. The van der Waals surface area contributed by atoms with Crippen LogP contribution in [0.15, 0.2) is 121 Å². The molecule has 0 heterocycles. The van der Waals surface area contributed by atoms with Crippen LogP contribution in [0.2, 0.25) is 0 Å². The van der Waals surface area contributed by atoms with Gasteiger partial charge < -0.3 is 0 Å². The van der Waals surface area contributed by atoms with Crippen LogP contribution in [0.25, 0.3) is 0 Å². The summed E-state index contributed by atoms with van der Waals surface area (Å²) in [5.74, 6) is -4.56. The van der Waals surface area contributed by atoms with Crippen molar-refractivity contribution in [1.29, 1.82) is 0 Å². The van der Waals surface area contributed by atoms with Gasteiger partial charge in [-0.3, -0.25) is 0 Å². The molecule has 8 N–H and O–H groups in total. The zero-order valence-electron chi connectivity index (χ0n) is 26.8. The summed E-state index contributed by atoms with van der Waals surface area (Å²) in [6.45, 7) is 0. The molecule has 0 unspecified atom stereocenters. The molecule has 0 fully saturated rings. The Morgan fingerprint density at radius 1 is 0.388 bits per heavy atom. The van der Waals surface area contributed by atoms with Gasteiger partial charge in [-0.2, -0.15) is 0 Å². The Morgan fingerprint density at radius 3 is 0.755 bits per heavy atom. The molecule has 0 saturated carbocycles. The van der Waals surface area contributed by atoms with Crippen molar-refractivity contribution in [3.8, 4) is 0 Å². The molecule has 12 nitrogen and oxygen atoms in total. The first-order chi connectivity index (χ1) is 23.5. The maximum atomic E-state index is 13.5. The van der Waals surface area contributed by atoms with Crippen molar-refractivity contribution in [2.75, 3.05) is 0 Å². The van der Waals surface area contributed by atoms with E-state index in [0.29, 0.717) is 22.3 Å². The number of hydrogen-bond donors (Lipinski definition) is 4. The Kier molecular flexibility index (Phi) is 13.9. The molecule has 0 spiro atoms. The average molecular weight is 775 g/mol. The number of hydrogen-bond acceptors (Lipinski definition) is 12. The molecule has 4 rings (SSSR count). The van der Waals surface area contributed by atoms with E-state index < -0.39 is 68.1 Å². The van der Waals surface area contributed by atoms with Gasteiger partial charge in [0.15, 0.2) is 0 Å². The van der Waals surface area contributed by atoms with Gasteiger partial charge in [0.2, 0.25) is 0 Å². The second-order valence-corrected chi connectivity index (χ2v) is 16.6. The van der Waals surface area contributed by atoms with Crippen LogP contribution in [0.5, 0.6) is 0 Å². The van der Waals surface area contributed by atoms with Crippen molar-refractivity contribution in [2.45, 2.75) is 49.9 Å². The molecule has 0 aliphatic carbocycles. The van der Waals surface area contributed by atoms with E-state index in [0.717, 1.165) is 0 Å². The quantitative estimate of drug-likeness (QED) is 0.120. The minimum atomic E-state index is -6.54. The predicted molar refractivity (Wildman–Crippen MR) is 183 cm³/mol. The molecule has 0 bridgehead atoms. The number of rotatable bonds is 16. The first kappa shape index (κ1) is 37.2. The average Bonchev–Trinajstić information content (AvgIpc) is 3.09. The third-order valence-electron chi connectivity index (χ3n) is 7.31. The van der Waals surface area contributed by atoms with Gasteiger partial charge in [0, 0.05) is 0 Å². The van der Waals surface area contributed by atoms with E-state index in [1.54, 1.807) is 121 Å². The van der Waals surface area contributed by atoms with Crippen LogP contribution in [0.3, 0.4) is 0 Å². The molecule has 0 saturated heterocycles. The standard InChI is InChI=1S/4C9H11NO2.Sn/c4*10-8(9(11)12)6-7-4-2-1-3-5-7;/h4*1-5,8H,6,10H2,(H,11,12);/q;;;;+4/p-4/t4*8-;/m0000./s1. The number of nitrogens with two attached hydrogens (primary N) is 4. The van der Waals surface area contributed by atoms with E-state index in [1.165, 1.54) is 0 Å². The molecule has 256 valence electrons. The summed E-state index contributed by atoms with van der Waals surface area (Å²) in [5, 5.41) is 0. The van der Waals surface area contributed by atoms with Crippen LogP contribution in [0, 0.1) is 0 Å². The fourth-order valence-electron chi connectivity index (χ4n) is 4.73. The van der Waals surface area contributed by atoms with Crippen molar-refractivity contribution in [3.05, 3.63) is 144 Å². The monoisotopic (exact) mass is 776 g/mol. The molecule has 0 radical (unpaired) electrons. The van der Waals surface area contributed by atoms with E-state index in [9.17, 15) is 19.2 Å². The van der Waals surface area contributed by atoms with Crippen molar-refractivity contribution >= 4 is 43.9 Å². The Bertz CT molecular complexity index is 1410. The van der Waals surface area contributed by atoms with Gasteiger partial charge in [-0.25, -0.2) is 0 Å². The molecule has 4 atom stereocenters. The molecule has 0 aromatic heterocycles. The normalized spacial score (nSPS) is 13.6. The van der Waals surface area contributed by atoms with Crippen LogP contribution in [-0.4, -0.2) is 68.1 Å². The predicted octanol–water partition coefficient (Wildman–Crippen LogP) is 1.87. The Hall–Kier alpha value is -4.60. The molecule has 0 aliphatic rings. The number of benzene rings is 4. The van der Waals surface area contributed by atoms with E-state index >= 15 is 0 Å². The van der Waals surface area contributed by atoms with E-state index in [4.69, 9.17) is 35.2 Å². The first-order valence-electron chi connectivity index (χ1n) is 15.6. The molecule has 49 heavy (non-hydrogen) atoms. The van der Waals surface area contributed by atoms with Crippen LogP contribution >= 0.6 is 0 Å². The van der Waals surface area contributed by atoms with E-state index in [2.05, 4.69) is 0 Å². The first-order valence-corrected chi connectivity index (χ1v) is 20.3. The van der Waals surface area contributed by atoms with Crippen LogP contribution in [-0.2, 0) is 57.2 Å². The molecule has 0 amide bonds. The van der Waals surface area contributed by atoms with Crippen molar-refractivity contribution in [1.82, 2.24) is 0 Å². The van der Waals surface area contributed by atoms with Crippen LogP contribution in [0.4, 0.5) is 0 Å². The Labute approximate surface area is 290 Å². The van der Waals surface area contributed by atoms with Crippen LogP contribution in [0.1, 0.15) is 22.3 Å². The fourth-order valence-corrected chi connectivity index (χ4v) is 9.98. The van der Waals surface area contributed by atoms with Gasteiger partial charge >= 0.3 is 292 Å². The summed E-state index contributed by atoms with van der Waals surface area (Å²) in [6, 6.07) is 29.9. The van der Waals surface area contributed by atoms with Crippen molar-refractivity contribution in [2.24, 2.45) is 22.9 Å². The van der Waals surface area contributed by atoms with Gasteiger partial charge in [0.1, 0.15) is 0 Å². The zero-order chi connectivity index (χ0) is 35.2. The van der Waals surface area contributed by atoms with Gasteiger partial charge in [-0.15, -0.1) is 0 Å². The van der Waals surface area contributed by atoms with Crippen molar-refractivity contribution in [3.63, 3.8) is 0 Å². The molecule has 0 aliphatic heterocycles. The fraction of sp³-hybridized carbons (Fsp3) is 0.222. The second kappa shape index (κ2) is 18.2.